The molecule has 0 bridgehead atoms. The molecule has 0 rings (SSSR count). The maximum Gasteiger partial charge on any atom is 0.217 e. The molecule has 15 heavy (non-hydrogen) atoms. The molecule has 0 radical (unpaired) electrons. The van der Waals surface area contributed by atoms with Crippen LogP contribution in [0, 0.1) is 0 Å². The summed E-state index contributed by atoms with van der Waals surface area (Å²) >= 11 is 5.05. The Morgan fingerprint density at radius 2 is 1.80 bits per heavy atom. The van der Waals surface area contributed by atoms with Gasteiger partial charge in [-0.2, -0.15) is 0 Å². The number of thiocarbonyl (C=S) groups is 1. The summed E-state index contributed by atoms with van der Waals surface area (Å²) in [6.07, 6.45) is 4.48. The molecule has 4 N–H and O–H groups in total. The quantitative estimate of drug-likeness (QED) is 0.429. The van der Waals surface area contributed by atoms with Gasteiger partial charge in [-0.3, -0.25) is 4.79 Å². The average molecular weight is 231 g/mol. The first kappa shape index (κ1) is 14.2. The lowest BCUT2D eigenvalue weighted by Crippen LogP contribution is -2.36. The Morgan fingerprint density at radius 1 is 1.20 bits per heavy atom. The summed E-state index contributed by atoms with van der Waals surface area (Å²) in [5.41, 5.74) is 5.02. The van der Waals surface area contributed by atoms with Crippen molar-refractivity contribution in [3.05, 3.63) is 0 Å². The number of rotatable bonds is 8. The zero-order chi connectivity index (χ0) is 11.5. The lowest BCUT2D eigenvalue weighted by atomic mass is 10.2. The highest BCUT2D eigenvalue weighted by atomic mass is 32.1. The lowest BCUT2D eigenvalue weighted by molar-refractivity contribution is -0.118. The highest BCUT2D eigenvalue weighted by molar-refractivity contribution is 7.80. The second kappa shape index (κ2) is 9.71. The van der Waals surface area contributed by atoms with Gasteiger partial charge in [0.25, 0.3) is 0 Å². The van der Waals surface area contributed by atoms with Crippen LogP contribution >= 0.6 is 12.2 Å². The molecule has 0 aromatic heterocycles. The van der Waals surface area contributed by atoms with Gasteiger partial charge in [-0.15, -0.1) is 0 Å². The van der Waals surface area contributed by atoms with Gasteiger partial charge in [-0.05, 0) is 31.5 Å². The maximum absolute atomic E-state index is 10.4. The Hall–Kier alpha value is -0.840. The lowest BCUT2D eigenvalue weighted by Gasteiger charge is -2.09. The van der Waals surface area contributed by atoms with Crippen molar-refractivity contribution in [2.75, 3.05) is 13.1 Å². The molecule has 0 aromatic rings. The van der Waals surface area contributed by atoms with Crippen molar-refractivity contribution in [1.29, 1.82) is 0 Å². The fourth-order valence-electron chi connectivity index (χ4n) is 1.07. The van der Waals surface area contributed by atoms with Gasteiger partial charge in [-0.1, -0.05) is 13.3 Å². The molecule has 0 aromatic carbocycles. The number of carbonyl (C=O) groups is 1. The van der Waals surface area contributed by atoms with E-state index < -0.39 is 0 Å². The molecule has 1 amide bonds. The summed E-state index contributed by atoms with van der Waals surface area (Å²) in [5.74, 6) is -0.237. The molecular weight excluding hydrogens is 210 g/mol. The van der Waals surface area contributed by atoms with Crippen LogP contribution in [0.25, 0.3) is 0 Å². The Labute approximate surface area is 97.0 Å². The van der Waals surface area contributed by atoms with Gasteiger partial charge >= 0.3 is 0 Å². The number of amides is 1. The van der Waals surface area contributed by atoms with Crippen LogP contribution in [0.2, 0.25) is 0 Å². The van der Waals surface area contributed by atoms with E-state index in [1.165, 1.54) is 0 Å². The van der Waals surface area contributed by atoms with Crippen molar-refractivity contribution in [3.63, 3.8) is 0 Å². The van der Waals surface area contributed by atoms with Gasteiger partial charge in [0.15, 0.2) is 5.11 Å². The fourth-order valence-corrected chi connectivity index (χ4v) is 1.27. The molecule has 0 aliphatic heterocycles. The predicted octanol–water partition coefficient (Wildman–Crippen LogP) is 0.906. The summed E-state index contributed by atoms with van der Waals surface area (Å²) in [5, 5.41) is 6.89. The van der Waals surface area contributed by atoms with E-state index in [-0.39, 0.29) is 5.91 Å². The van der Waals surface area contributed by atoms with Gasteiger partial charge < -0.3 is 16.4 Å². The van der Waals surface area contributed by atoms with Gasteiger partial charge in [0.2, 0.25) is 5.91 Å². The highest BCUT2D eigenvalue weighted by Gasteiger charge is 1.96. The van der Waals surface area contributed by atoms with Crippen molar-refractivity contribution < 1.29 is 4.79 Å². The maximum atomic E-state index is 10.4. The molecule has 0 unspecified atom stereocenters. The molecule has 0 saturated carbocycles. The van der Waals surface area contributed by atoms with E-state index in [9.17, 15) is 4.79 Å². The smallest absolute Gasteiger partial charge is 0.217 e. The number of carbonyl (C=O) groups excluding carboxylic acids is 1. The van der Waals surface area contributed by atoms with Crippen molar-refractivity contribution in [1.82, 2.24) is 10.6 Å². The molecule has 5 heteroatoms. The minimum atomic E-state index is -0.237. The monoisotopic (exact) mass is 231 g/mol. The van der Waals surface area contributed by atoms with Crippen LogP contribution in [0.3, 0.4) is 0 Å². The van der Waals surface area contributed by atoms with Crippen LogP contribution in [0.1, 0.15) is 39.0 Å². The van der Waals surface area contributed by atoms with Crippen LogP contribution < -0.4 is 16.4 Å². The summed E-state index contributed by atoms with van der Waals surface area (Å²) in [4.78, 5) is 10.4. The second-order valence-electron chi connectivity index (χ2n) is 3.46. The molecule has 0 atom stereocenters. The number of hydrogen-bond acceptors (Lipinski definition) is 2. The van der Waals surface area contributed by atoms with Crippen molar-refractivity contribution >= 4 is 23.2 Å². The Bertz CT molecular complexity index is 197. The molecule has 88 valence electrons. The number of primary amides is 1. The number of hydrogen-bond donors (Lipinski definition) is 3. The van der Waals surface area contributed by atoms with E-state index in [1.54, 1.807) is 0 Å². The number of unbranched alkanes of at least 4 members (excludes halogenated alkanes) is 2. The SMILES string of the molecule is CCCCNC(=S)NCCCCC(N)=O. The van der Waals surface area contributed by atoms with Gasteiger partial charge in [0.1, 0.15) is 0 Å². The molecule has 0 spiro atoms. The first-order valence-electron chi connectivity index (χ1n) is 5.46. The molecule has 4 nitrogen and oxygen atoms in total. The van der Waals surface area contributed by atoms with E-state index in [0.29, 0.717) is 11.5 Å². The summed E-state index contributed by atoms with van der Waals surface area (Å²) in [6.45, 7) is 3.86. The fraction of sp³-hybridized carbons (Fsp3) is 0.800. The van der Waals surface area contributed by atoms with Gasteiger partial charge in [0, 0.05) is 19.5 Å². The number of nitrogens with two attached hydrogens (primary N) is 1. The normalized spacial score (nSPS) is 9.67. The Morgan fingerprint density at radius 3 is 2.33 bits per heavy atom. The largest absolute Gasteiger partial charge is 0.370 e. The van der Waals surface area contributed by atoms with Gasteiger partial charge in [-0.25, -0.2) is 0 Å². The molecule has 0 aliphatic carbocycles. The molecular formula is C10H21N3OS. The van der Waals surface area contributed by atoms with E-state index in [1.807, 2.05) is 0 Å². The van der Waals surface area contributed by atoms with Crippen LogP contribution in [0.15, 0.2) is 0 Å². The Kier molecular flexibility index (Phi) is 9.16. The summed E-state index contributed by atoms with van der Waals surface area (Å²) in [6, 6.07) is 0. The molecule has 0 saturated heterocycles. The predicted molar refractivity (Wildman–Crippen MR) is 66.6 cm³/mol. The van der Waals surface area contributed by atoms with Crippen LogP contribution in [0.5, 0.6) is 0 Å². The average Bonchev–Trinajstić information content (AvgIpc) is 2.17. The molecule has 0 fully saturated rings. The summed E-state index contributed by atoms with van der Waals surface area (Å²) in [7, 11) is 0. The third-order valence-corrected chi connectivity index (χ3v) is 2.24. The van der Waals surface area contributed by atoms with Gasteiger partial charge in [0.05, 0.1) is 0 Å². The third kappa shape index (κ3) is 11.1. The first-order valence-corrected chi connectivity index (χ1v) is 5.87. The van der Waals surface area contributed by atoms with Crippen LogP contribution in [0.4, 0.5) is 0 Å². The Balaban J connectivity index is 3.20. The zero-order valence-corrected chi connectivity index (χ0v) is 10.2. The first-order chi connectivity index (χ1) is 7.16. The molecule has 0 heterocycles. The minimum absolute atomic E-state index is 0.237. The zero-order valence-electron chi connectivity index (χ0n) is 9.34. The minimum Gasteiger partial charge on any atom is -0.370 e. The van der Waals surface area contributed by atoms with E-state index in [0.717, 1.165) is 38.8 Å². The van der Waals surface area contributed by atoms with Crippen LogP contribution in [-0.2, 0) is 4.79 Å². The topological polar surface area (TPSA) is 67.2 Å². The van der Waals surface area contributed by atoms with E-state index >= 15 is 0 Å². The highest BCUT2D eigenvalue weighted by Crippen LogP contribution is 1.92. The molecule has 0 aliphatic rings. The number of nitrogens with one attached hydrogen (secondary N) is 2. The van der Waals surface area contributed by atoms with Crippen LogP contribution in [-0.4, -0.2) is 24.1 Å². The van der Waals surface area contributed by atoms with E-state index in [4.69, 9.17) is 18.0 Å². The standard InChI is InChI=1S/C10H21N3OS/c1-2-3-7-12-10(15)13-8-5-4-6-9(11)14/h2-8H2,1H3,(H2,11,14)(H2,12,13,15). The summed E-state index contributed by atoms with van der Waals surface area (Å²) < 4.78 is 0. The van der Waals surface area contributed by atoms with E-state index in [2.05, 4.69) is 17.6 Å². The van der Waals surface area contributed by atoms with Crippen molar-refractivity contribution in [3.8, 4) is 0 Å². The second-order valence-corrected chi connectivity index (χ2v) is 3.87. The van der Waals surface area contributed by atoms with Crippen molar-refractivity contribution in [2.45, 2.75) is 39.0 Å². The van der Waals surface area contributed by atoms with Crippen molar-refractivity contribution in [2.24, 2.45) is 5.73 Å². The third-order valence-electron chi connectivity index (χ3n) is 1.95.